The molecule has 34 heavy (non-hydrogen) atoms. The van der Waals surface area contributed by atoms with E-state index < -0.39 is 10.0 Å². The number of nitrogens with zero attached hydrogens (tertiary/aromatic N) is 2. The monoisotopic (exact) mass is 518 g/mol. The zero-order valence-electron chi connectivity index (χ0n) is 19.0. The lowest BCUT2D eigenvalue weighted by Crippen LogP contribution is -2.49. The van der Waals surface area contributed by atoms with Crippen LogP contribution in [-0.4, -0.2) is 50.3 Å². The van der Waals surface area contributed by atoms with Gasteiger partial charge in [-0.2, -0.15) is 4.31 Å². The summed E-state index contributed by atoms with van der Waals surface area (Å²) in [7, 11) is -3.57. The molecule has 1 atom stereocenters. The van der Waals surface area contributed by atoms with Gasteiger partial charge in [-0.3, -0.25) is 4.90 Å². The quantitative estimate of drug-likeness (QED) is 0.391. The van der Waals surface area contributed by atoms with Crippen LogP contribution in [0.3, 0.4) is 0 Å². The van der Waals surface area contributed by atoms with Gasteiger partial charge >= 0.3 is 0 Å². The third-order valence-electron chi connectivity index (χ3n) is 5.96. The summed E-state index contributed by atoms with van der Waals surface area (Å²) in [5.41, 5.74) is 3.36. The van der Waals surface area contributed by atoms with Crippen molar-refractivity contribution >= 4 is 33.2 Å². The third-order valence-corrected chi connectivity index (χ3v) is 8.35. The molecule has 0 saturated carbocycles. The van der Waals surface area contributed by atoms with Crippen LogP contribution in [0, 0.1) is 6.92 Å². The van der Waals surface area contributed by atoms with E-state index in [4.69, 9.17) is 27.9 Å². The van der Waals surface area contributed by atoms with Gasteiger partial charge in [0.1, 0.15) is 0 Å². The highest BCUT2D eigenvalue weighted by Gasteiger charge is 2.29. The van der Waals surface area contributed by atoms with Crippen LogP contribution in [-0.2, 0) is 21.4 Å². The van der Waals surface area contributed by atoms with Crippen LogP contribution in [0.4, 0.5) is 0 Å². The summed E-state index contributed by atoms with van der Waals surface area (Å²) in [5.74, 6) is 0. The highest BCUT2D eigenvalue weighted by Crippen LogP contribution is 2.25. The Labute approximate surface area is 211 Å². The van der Waals surface area contributed by atoms with Crippen molar-refractivity contribution < 1.29 is 13.2 Å². The van der Waals surface area contributed by atoms with Crippen molar-refractivity contribution in [1.82, 2.24) is 9.21 Å². The number of rotatable bonds is 8. The molecular formula is C26H28Cl2N2O3S. The first-order valence-corrected chi connectivity index (χ1v) is 13.4. The fourth-order valence-corrected chi connectivity index (χ4v) is 5.94. The van der Waals surface area contributed by atoms with E-state index in [0.717, 1.165) is 11.1 Å². The Morgan fingerprint density at radius 1 is 0.882 bits per heavy atom. The Hall–Kier alpha value is -1.93. The van der Waals surface area contributed by atoms with E-state index >= 15 is 0 Å². The largest absolute Gasteiger partial charge is 0.368 e. The van der Waals surface area contributed by atoms with E-state index in [-0.39, 0.29) is 11.0 Å². The first-order chi connectivity index (χ1) is 16.3. The number of sulfonamides is 1. The summed E-state index contributed by atoms with van der Waals surface area (Å²) in [6.45, 7) is 5.31. The second kappa shape index (κ2) is 11.2. The highest BCUT2D eigenvalue weighted by molar-refractivity contribution is 7.89. The molecule has 5 nitrogen and oxygen atoms in total. The Bertz CT molecular complexity index is 1210. The topological polar surface area (TPSA) is 49.9 Å². The molecule has 0 spiro atoms. The molecule has 0 unspecified atom stereocenters. The molecule has 0 amide bonds. The first-order valence-electron chi connectivity index (χ1n) is 11.2. The SMILES string of the molecule is Cc1cccc(CO[C@@H](CN2CCN(S(=O)(=O)c3cccc(Cl)c3)CC2)c2ccc(Cl)cc2)c1. The molecule has 0 aliphatic carbocycles. The Morgan fingerprint density at radius 3 is 2.26 bits per heavy atom. The number of piperazine rings is 1. The minimum atomic E-state index is -3.57. The smallest absolute Gasteiger partial charge is 0.243 e. The van der Waals surface area contributed by atoms with Gasteiger partial charge in [0.05, 0.1) is 17.6 Å². The molecule has 3 aromatic carbocycles. The number of ether oxygens (including phenoxy) is 1. The average molecular weight is 519 g/mol. The molecule has 1 heterocycles. The molecule has 3 aromatic rings. The van der Waals surface area contributed by atoms with E-state index in [1.165, 1.54) is 15.9 Å². The number of hydrogen-bond donors (Lipinski definition) is 0. The van der Waals surface area contributed by atoms with Crippen molar-refractivity contribution in [2.24, 2.45) is 0 Å². The summed E-state index contributed by atoms with van der Waals surface area (Å²) in [6.07, 6.45) is -0.158. The predicted octanol–water partition coefficient (Wildman–Crippen LogP) is 5.57. The Morgan fingerprint density at radius 2 is 1.59 bits per heavy atom. The molecule has 1 saturated heterocycles. The first kappa shape index (κ1) is 25.2. The lowest BCUT2D eigenvalue weighted by Gasteiger charge is -2.36. The van der Waals surface area contributed by atoms with Crippen LogP contribution in [0.15, 0.2) is 77.7 Å². The number of aryl methyl sites for hydroxylation is 1. The van der Waals surface area contributed by atoms with Gasteiger partial charge in [-0.15, -0.1) is 0 Å². The third kappa shape index (κ3) is 6.39. The van der Waals surface area contributed by atoms with E-state index in [0.29, 0.717) is 49.4 Å². The molecule has 0 aromatic heterocycles. The second-order valence-corrected chi connectivity index (χ2v) is 11.3. The summed E-state index contributed by atoms with van der Waals surface area (Å²) in [5, 5.41) is 1.09. The zero-order chi connectivity index (χ0) is 24.1. The van der Waals surface area contributed by atoms with Crippen LogP contribution >= 0.6 is 23.2 Å². The summed E-state index contributed by atoms with van der Waals surface area (Å²) in [4.78, 5) is 2.48. The Kier molecular flexibility index (Phi) is 8.30. The van der Waals surface area contributed by atoms with Gasteiger partial charge in [0, 0.05) is 42.8 Å². The van der Waals surface area contributed by atoms with Crippen molar-refractivity contribution in [2.75, 3.05) is 32.7 Å². The molecule has 1 fully saturated rings. The lowest BCUT2D eigenvalue weighted by molar-refractivity contribution is 0.00771. The predicted molar refractivity (Wildman–Crippen MR) is 137 cm³/mol. The molecule has 4 rings (SSSR count). The van der Waals surface area contributed by atoms with E-state index in [9.17, 15) is 8.42 Å². The summed E-state index contributed by atoms with van der Waals surface area (Å²) >= 11 is 12.1. The Balaban J connectivity index is 1.42. The molecule has 0 N–H and O–H groups in total. The minimum Gasteiger partial charge on any atom is -0.368 e. The zero-order valence-corrected chi connectivity index (χ0v) is 21.4. The van der Waals surface area contributed by atoms with Crippen molar-refractivity contribution in [1.29, 1.82) is 0 Å². The van der Waals surface area contributed by atoms with Gasteiger partial charge in [-0.05, 0) is 48.4 Å². The lowest BCUT2D eigenvalue weighted by atomic mass is 10.1. The molecule has 1 aliphatic heterocycles. The van der Waals surface area contributed by atoms with E-state index in [1.807, 2.05) is 30.3 Å². The normalized spacial score (nSPS) is 16.4. The minimum absolute atomic E-state index is 0.158. The van der Waals surface area contributed by atoms with E-state index in [2.05, 4.69) is 30.0 Å². The number of hydrogen-bond acceptors (Lipinski definition) is 4. The maximum absolute atomic E-state index is 13.0. The average Bonchev–Trinajstić information content (AvgIpc) is 2.83. The summed E-state index contributed by atoms with van der Waals surface area (Å²) < 4.78 is 33.9. The van der Waals surface area contributed by atoms with Gasteiger partial charge in [-0.25, -0.2) is 8.42 Å². The summed E-state index contributed by atoms with van der Waals surface area (Å²) in [6, 6.07) is 22.4. The van der Waals surface area contributed by atoms with Gasteiger partial charge in [0.25, 0.3) is 0 Å². The number of benzene rings is 3. The standard InChI is InChI=1S/C26H28Cl2N2O3S/c1-20-4-2-5-21(16-20)19-33-26(22-8-10-23(27)11-9-22)18-29-12-14-30(15-13-29)34(31,32)25-7-3-6-24(28)17-25/h2-11,16-17,26H,12-15,18-19H2,1H3/t26-/m0/s1. The number of halogens is 2. The second-order valence-electron chi connectivity index (χ2n) is 8.50. The molecule has 0 bridgehead atoms. The van der Waals surface area contributed by atoms with Gasteiger partial charge in [0.15, 0.2) is 0 Å². The maximum atomic E-state index is 13.0. The van der Waals surface area contributed by atoms with Crippen LogP contribution in [0.25, 0.3) is 0 Å². The molecule has 1 aliphatic rings. The van der Waals surface area contributed by atoms with Crippen molar-refractivity contribution in [3.63, 3.8) is 0 Å². The van der Waals surface area contributed by atoms with Gasteiger partial charge in [0.2, 0.25) is 10.0 Å². The van der Waals surface area contributed by atoms with Crippen LogP contribution in [0.2, 0.25) is 10.0 Å². The molecule has 8 heteroatoms. The van der Waals surface area contributed by atoms with Crippen molar-refractivity contribution in [2.45, 2.75) is 24.5 Å². The fourth-order valence-electron chi connectivity index (χ4n) is 4.09. The van der Waals surface area contributed by atoms with Crippen LogP contribution in [0.5, 0.6) is 0 Å². The van der Waals surface area contributed by atoms with Gasteiger partial charge in [-0.1, -0.05) is 71.2 Å². The van der Waals surface area contributed by atoms with Gasteiger partial charge < -0.3 is 4.74 Å². The van der Waals surface area contributed by atoms with Crippen molar-refractivity contribution in [3.8, 4) is 0 Å². The molecule has 180 valence electrons. The molecule has 0 radical (unpaired) electrons. The van der Waals surface area contributed by atoms with Crippen molar-refractivity contribution in [3.05, 3.63) is 99.5 Å². The maximum Gasteiger partial charge on any atom is 0.243 e. The molecular weight excluding hydrogens is 491 g/mol. The van der Waals surface area contributed by atoms with E-state index in [1.54, 1.807) is 18.2 Å². The fraction of sp³-hybridized carbons (Fsp3) is 0.308. The van der Waals surface area contributed by atoms with Crippen LogP contribution in [0.1, 0.15) is 22.8 Å². The highest BCUT2D eigenvalue weighted by atomic mass is 35.5. The van der Waals surface area contributed by atoms with Crippen LogP contribution < -0.4 is 0 Å².